The molecule has 3 N–H and O–H groups in total. The minimum atomic E-state index is -0.106. The van der Waals surface area contributed by atoms with Crippen molar-refractivity contribution in [2.75, 3.05) is 5.32 Å². The van der Waals surface area contributed by atoms with Crippen molar-refractivity contribution >= 4 is 34.4 Å². The normalized spacial score (nSPS) is 18.2. The van der Waals surface area contributed by atoms with Crippen LogP contribution in [0.2, 0.25) is 0 Å². The maximum Gasteiger partial charge on any atom is 0.212 e. The summed E-state index contributed by atoms with van der Waals surface area (Å²) >= 11 is 0. The van der Waals surface area contributed by atoms with Crippen LogP contribution < -0.4 is 10.6 Å². The molecule has 1 atom stereocenters. The lowest BCUT2D eigenvalue weighted by Crippen LogP contribution is -2.33. The first kappa shape index (κ1) is 19.5. The Balaban J connectivity index is 0.000000684. The summed E-state index contributed by atoms with van der Waals surface area (Å²) in [5.41, 5.74) is 4.50. The lowest BCUT2D eigenvalue weighted by Gasteiger charge is -2.22. The van der Waals surface area contributed by atoms with Crippen LogP contribution in [0.1, 0.15) is 45.1 Å². The van der Waals surface area contributed by atoms with Gasteiger partial charge in [-0.3, -0.25) is 9.78 Å². The molecule has 2 aromatic rings. The zero-order valence-electron chi connectivity index (χ0n) is 16.1. The van der Waals surface area contributed by atoms with Crippen molar-refractivity contribution in [3.8, 4) is 0 Å². The first-order valence-corrected chi connectivity index (χ1v) is 9.48. The molecule has 1 fully saturated rings. The molecular formula is C21H25N5O2. The molecule has 7 heteroatoms. The van der Waals surface area contributed by atoms with Gasteiger partial charge in [0.2, 0.25) is 6.41 Å². The van der Waals surface area contributed by atoms with E-state index in [9.17, 15) is 4.79 Å². The van der Waals surface area contributed by atoms with Crippen molar-refractivity contribution in [3.05, 3.63) is 47.9 Å². The van der Waals surface area contributed by atoms with Crippen LogP contribution in [0.4, 0.5) is 5.82 Å². The highest BCUT2D eigenvalue weighted by molar-refractivity contribution is 5.94. The Labute approximate surface area is 164 Å². The highest BCUT2D eigenvalue weighted by atomic mass is 16.4. The number of nitrogens with zero attached hydrogens (tertiary/aromatic N) is 3. The Hall–Kier alpha value is -3.22. The standard InChI is InChI=1S/C18H19N5O2.C3H6/c1-3-15(23-25)17-4-11(2)14(9-20-17)12-5-13-8-21-18(22-10-24)6-16(13)19-7-12;1-2-3-1/h4-10,17,20,25H,3H2,1-2H3,(H,21,22,24);1-3H2/b23-15-;. The smallest absolute Gasteiger partial charge is 0.212 e. The molecule has 4 rings (SSSR count). The van der Waals surface area contributed by atoms with Crippen LogP contribution >= 0.6 is 0 Å². The number of pyridine rings is 2. The fraction of sp³-hybridized carbons (Fsp3) is 0.333. The number of rotatable bonds is 5. The molecule has 1 unspecified atom stereocenters. The number of nitrogens with one attached hydrogen (secondary N) is 2. The summed E-state index contributed by atoms with van der Waals surface area (Å²) < 4.78 is 0. The van der Waals surface area contributed by atoms with Crippen molar-refractivity contribution in [3.63, 3.8) is 0 Å². The summed E-state index contributed by atoms with van der Waals surface area (Å²) in [6, 6.07) is 3.63. The Morgan fingerprint density at radius 1 is 1.32 bits per heavy atom. The van der Waals surface area contributed by atoms with Gasteiger partial charge < -0.3 is 15.8 Å². The molecule has 1 amide bonds. The lowest BCUT2D eigenvalue weighted by molar-refractivity contribution is -0.105. The topological polar surface area (TPSA) is 99.5 Å². The molecule has 2 aliphatic rings. The highest BCUT2D eigenvalue weighted by Crippen LogP contribution is 2.27. The Morgan fingerprint density at radius 3 is 2.71 bits per heavy atom. The van der Waals surface area contributed by atoms with E-state index in [1.54, 1.807) is 18.5 Å². The number of carbonyl (C=O) groups excluding carboxylic acids is 1. The number of amides is 1. The van der Waals surface area contributed by atoms with Gasteiger partial charge in [0.05, 0.1) is 17.3 Å². The minimum absolute atomic E-state index is 0.106. The van der Waals surface area contributed by atoms with E-state index in [1.165, 1.54) is 19.3 Å². The molecule has 0 bridgehead atoms. The number of aromatic nitrogens is 2. The largest absolute Gasteiger partial charge is 0.411 e. The molecule has 3 heterocycles. The number of fused-ring (bicyclic) bond motifs is 1. The second-order valence-corrected chi connectivity index (χ2v) is 6.81. The van der Waals surface area contributed by atoms with Crippen LogP contribution in [0.5, 0.6) is 0 Å². The van der Waals surface area contributed by atoms with E-state index in [4.69, 9.17) is 5.21 Å². The SMILES string of the molecule is C1CC1.CC/C(=N/O)C1C=C(C)C(c2cnc3cc(NC=O)ncc3c2)=CN1. The number of hydrogen-bond donors (Lipinski definition) is 3. The van der Waals surface area contributed by atoms with Crippen molar-refractivity contribution in [1.29, 1.82) is 0 Å². The van der Waals surface area contributed by atoms with E-state index < -0.39 is 0 Å². The summed E-state index contributed by atoms with van der Waals surface area (Å²) in [6.45, 7) is 3.97. The fourth-order valence-electron chi connectivity index (χ4n) is 2.84. The summed E-state index contributed by atoms with van der Waals surface area (Å²) in [4.78, 5) is 19.2. The first-order chi connectivity index (χ1) is 13.7. The van der Waals surface area contributed by atoms with E-state index in [-0.39, 0.29) is 6.04 Å². The number of oxime groups is 1. The monoisotopic (exact) mass is 379 g/mol. The van der Waals surface area contributed by atoms with Gasteiger partial charge in [-0.1, -0.05) is 37.4 Å². The Kier molecular flexibility index (Phi) is 6.37. The predicted octanol–water partition coefficient (Wildman–Crippen LogP) is 3.87. The molecule has 7 nitrogen and oxygen atoms in total. The van der Waals surface area contributed by atoms with Gasteiger partial charge in [-0.25, -0.2) is 4.98 Å². The Bertz CT molecular complexity index is 944. The first-order valence-electron chi connectivity index (χ1n) is 9.48. The van der Waals surface area contributed by atoms with Crippen LogP contribution in [-0.2, 0) is 4.79 Å². The molecule has 0 radical (unpaired) electrons. The number of carbonyl (C=O) groups is 1. The van der Waals surface area contributed by atoms with Gasteiger partial charge in [0.1, 0.15) is 5.82 Å². The second-order valence-electron chi connectivity index (χ2n) is 6.81. The van der Waals surface area contributed by atoms with E-state index >= 15 is 0 Å². The third kappa shape index (κ3) is 4.73. The van der Waals surface area contributed by atoms with Gasteiger partial charge in [-0.15, -0.1) is 0 Å². The number of dihydropyridines is 1. The van der Waals surface area contributed by atoms with Crippen LogP contribution in [0, 0.1) is 0 Å². The van der Waals surface area contributed by atoms with Crippen LogP contribution in [0.25, 0.3) is 16.5 Å². The van der Waals surface area contributed by atoms with Crippen molar-refractivity contribution in [2.45, 2.75) is 45.6 Å². The molecular weight excluding hydrogens is 354 g/mol. The molecule has 0 spiro atoms. The third-order valence-corrected chi connectivity index (χ3v) is 4.54. The quantitative estimate of drug-likeness (QED) is 0.317. The summed E-state index contributed by atoms with van der Waals surface area (Å²) in [5.74, 6) is 0.468. The highest BCUT2D eigenvalue weighted by Gasteiger charge is 2.18. The number of allylic oxidation sites excluding steroid dienone is 2. The predicted molar refractivity (Wildman–Crippen MR) is 111 cm³/mol. The van der Waals surface area contributed by atoms with E-state index in [0.717, 1.165) is 27.6 Å². The average Bonchev–Trinajstić information content (AvgIpc) is 3.58. The Morgan fingerprint density at radius 2 is 2.11 bits per heavy atom. The second kappa shape index (κ2) is 9.12. The fourth-order valence-corrected chi connectivity index (χ4v) is 2.84. The van der Waals surface area contributed by atoms with Crippen LogP contribution in [-0.4, -0.2) is 33.3 Å². The van der Waals surface area contributed by atoms with Gasteiger partial charge in [0.15, 0.2) is 0 Å². The summed E-state index contributed by atoms with van der Waals surface area (Å²) in [6.07, 6.45) is 13.2. The maximum atomic E-state index is 10.5. The van der Waals surface area contributed by atoms with Crippen molar-refractivity contribution in [1.82, 2.24) is 15.3 Å². The van der Waals surface area contributed by atoms with Crippen LogP contribution in [0.15, 0.2) is 47.5 Å². The summed E-state index contributed by atoms with van der Waals surface area (Å²) in [7, 11) is 0. The van der Waals surface area contributed by atoms with Gasteiger partial charge in [0.25, 0.3) is 0 Å². The van der Waals surface area contributed by atoms with Crippen molar-refractivity contribution in [2.24, 2.45) is 5.16 Å². The molecule has 0 saturated heterocycles. The zero-order chi connectivity index (χ0) is 19.9. The van der Waals surface area contributed by atoms with E-state index in [0.29, 0.717) is 24.4 Å². The number of hydrogen-bond acceptors (Lipinski definition) is 6. The molecule has 2 aromatic heterocycles. The van der Waals surface area contributed by atoms with Crippen molar-refractivity contribution < 1.29 is 10.0 Å². The molecule has 1 aliphatic heterocycles. The van der Waals surface area contributed by atoms with Gasteiger partial charge >= 0.3 is 0 Å². The van der Waals surface area contributed by atoms with E-state index in [2.05, 4.69) is 25.8 Å². The zero-order valence-corrected chi connectivity index (χ0v) is 16.1. The minimum Gasteiger partial charge on any atom is -0.411 e. The van der Waals surface area contributed by atoms with Gasteiger partial charge in [-0.2, -0.15) is 0 Å². The maximum absolute atomic E-state index is 10.5. The molecule has 0 aromatic carbocycles. The van der Waals surface area contributed by atoms with Gasteiger partial charge in [-0.05, 0) is 25.0 Å². The van der Waals surface area contributed by atoms with Crippen LogP contribution in [0.3, 0.4) is 0 Å². The number of anilines is 1. The molecule has 1 saturated carbocycles. The summed E-state index contributed by atoms with van der Waals surface area (Å²) in [5, 5.41) is 19.1. The molecule has 28 heavy (non-hydrogen) atoms. The molecule has 1 aliphatic carbocycles. The average molecular weight is 379 g/mol. The van der Waals surface area contributed by atoms with Gasteiger partial charge in [0, 0.05) is 41.2 Å². The third-order valence-electron chi connectivity index (χ3n) is 4.54. The lowest BCUT2D eigenvalue weighted by atomic mass is 9.94. The van der Waals surface area contributed by atoms with E-state index in [1.807, 2.05) is 32.2 Å². The molecule has 146 valence electrons.